The summed E-state index contributed by atoms with van der Waals surface area (Å²) in [5, 5.41) is 0. The summed E-state index contributed by atoms with van der Waals surface area (Å²) in [6.45, 7) is 9.91. The third-order valence-electron chi connectivity index (χ3n) is 4.68. The molecule has 4 nitrogen and oxygen atoms in total. The van der Waals surface area contributed by atoms with Crippen LogP contribution in [-0.2, 0) is 9.59 Å². The first-order valence-corrected chi connectivity index (χ1v) is 8.03. The van der Waals surface area contributed by atoms with Gasteiger partial charge in [-0.05, 0) is 46.1 Å². The van der Waals surface area contributed by atoms with Gasteiger partial charge in [0.2, 0.25) is 5.91 Å². The smallest absolute Gasteiger partial charge is 0.240 e. The van der Waals surface area contributed by atoms with Crippen LogP contribution in [0.25, 0.3) is 0 Å². The Labute approximate surface area is 122 Å². The summed E-state index contributed by atoms with van der Waals surface area (Å²) in [7, 11) is 0. The number of amides is 1. The van der Waals surface area contributed by atoms with Gasteiger partial charge in [0, 0.05) is 18.5 Å². The monoisotopic (exact) mass is 280 g/mol. The fourth-order valence-electron chi connectivity index (χ4n) is 3.57. The minimum atomic E-state index is -0.169. The standard InChI is InChI=1S/C16H28N2O2/c1-11(2)15(19)13-7-5-10-18(13)16(20)14-8-6-9-17(14)12(3)4/h11-14H,5-10H2,1-4H3/t13-,14-/m0/s1. The Hall–Kier alpha value is -0.900. The zero-order valence-electron chi connectivity index (χ0n) is 13.3. The number of carbonyl (C=O) groups is 2. The molecule has 1 amide bonds. The van der Waals surface area contributed by atoms with Gasteiger partial charge in [0.15, 0.2) is 5.78 Å². The van der Waals surface area contributed by atoms with Gasteiger partial charge >= 0.3 is 0 Å². The Kier molecular flexibility index (Phi) is 4.84. The summed E-state index contributed by atoms with van der Waals surface area (Å²) in [6.07, 6.45) is 3.84. The number of carbonyl (C=O) groups excluding carboxylic acids is 2. The molecule has 0 aromatic heterocycles. The minimum Gasteiger partial charge on any atom is -0.331 e. The molecule has 2 aliphatic rings. The third-order valence-corrected chi connectivity index (χ3v) is 4.68. The first-order chi connectivity index (χ1) is 9.43. The zero-order chi connectivity index (χ0) is 14.9. The largest absolute Gasteiger partial charge is 0.331 e. The highest BCUT2D eigenvalue weighted by molar-refractivity contribution is 5.92. The molecule has 0 aromatic rings. The fourth-order valence-corrected chi connectivity index (χ4v) is 3.57. The molecule has 0 saturated carbocycles. The van der Waals surface area contributed by atoms with Gasteiger partial charge in [-0.2, -0.15) is 0 Å². The lowest BCUT2D eigenvalue weighted by atomic mass is 9.99. The topological polar surface area (TPSA) is 40.6 Å². The predicted molar refractivity (Wildman–Crippen MR) is 79.4 cm³/mol. The lowest BCUT2D eigenvalue weighted by molar-refractivity contribution is -0.142. The Morgan fingerprint density at radius 1 is 0.950 bits per heavy atom. The highest BCUT2D eigenvalue weighted by Crippen LogP contribution is 2.27. The molecule has 2 rings (SSSR count). The van der Waals surface area contributed by atoms with Gasteiger partial charge in [0.1, 0.15) is 0 Å². The lowest BCUT2D eigenvalue weighted by Crippen LogP contribution is -2.51. The summed E-state index contributed by atoms with van der Waals surface area (Å²) in [4.78, 5) is 29.3. The molecule has 0 aromatic carbocycles. The second kappa shape index (κ2) is 6.25. The molecule has 2 fully saturated rings. The molecule has 2 saturated heterocycles. The average Bonchev–Trinajstić information content (AvgIpc) is 3.05. The van der Waals surface area contributed by atoms with Crippen molar-refractivity contribution in [3.8, 4) is 0 Å². The van der Waals surface area contributed by atoms with Crippen LogP contribution in [0.3, 0.4) is 0 Å². The van der Waals surface area contributed by atoms with E-state index in [1.165, 1.54) is 0 Å². The number of rotatable bonds is 4. The lowest BCUT2D eigenvalue weighted by Gasteiger charge is -2.33. The van der Waals surface area contributed by atoms with E-state index >= 15 is 0 Å². The Bertz CT molecular complexity index is 379. The van der Waals surface area contributed by atoms with Crippen LogP contribution in [0.2, 0.25) is 0 Å². The SMILES string of the molecule is CC(C)C(=O)[C@@H]1CCCN1C(=O)[C@@H]1CCCN1C(C)C. The van der Waals surface area contributed by atoms with Crippen molar-refractivity contribution >= 4 is 11.7 Å². The number of likely N-dealkylation sites (tertiary alicyclic amines) is 2. The van der Waals surface area contributed by atoms with Gasteiger partial charge < -0.3 is 4.90 Å². The van der Waals surface area contributed by atoms with E-state index in [1.807, 2.05) is 18.7 Å². The van der Waals surface area contributed by atoms with E-state index < -0.39 is 0 Å². The van der Waals surface area contributed by atoms with Gasteiger partial charge in [-0.1, -0.05) is 13.8 Å². The van der Waals surface area contributed by atoms with Crippen molar-refractivity contribution in [2.45, 2.75) is 71.5 Å². The summed E-state index contributed by atoms with van der Waals surface area (Å²) >= 11 is 0. The molecular weight excluding hydrogens is 252 g/mol. The summed E-state index contributed by atoms with van der Waals surface area (Å²) < 4.78 is 0. The molecule has 20 heavy (non-hydrogen) atoms. The van der Waals surface area contributed by atoms with Crippen molar-refractivity contribution in [3.05, 3.63) is 0 Å². The van der Waals surface area contributed by atoms with Gasteiger partial charge in [0.25, 0.3) is 0 Å². The zero-order valence-corrected chi connectivity index (χ0v) is 13.3. The average molecular weight is 280 g/mol. The molecule has 4 heteroatoms. The Morgan fingerprint density at radius 3 is 2.15 bits per heavy atom. The molecule has 0 unspecified atom stereocenters. The third kappa shape index (κ3) is 2.90. The van der Waals surface area contributed by atoms with Crippen LogP contribution in [0, 0.1) is 5.92 Å². The van der Waals surface area contributed by atoms with Crippen LogP contribution in [0.5, 0.6) is 0 Å². The van der Waals surface area contributed by atoms with Gasteiger partial charge in [-0.25, -0.2) is 0 Å². The molecule has 0 spiro atoms. The molecule has 2 aliphatic heterocycles. The summed E-state index contributed by atoms with van der Waals surface area (Å²) in [5.41, 5.74) is 0. The van der Waals surface area contributed by atoms with Crippen molar-refractivity contribution < 1.29 is 9.59 Å². The molecule has 2 atom stereocenters. The minimum absolute atomic E-state index is 0.00411. The molecule has 0 radical (unpaired) electrons. The normalized spacial score (nSPS) is 27.8. The van der Waals surface area contributed by atoms with Crippen LogP contribution in [0.15, 0.2) is 0 Å². The van der Waals surface area contributed by atoms with Crippen molar-refractivity contribution in [3.63, 3.8) is 0 Å². The van der Waals surface area contributed by atoms with Gasteiger partial charge in [0.05, 0.1) is 12.1 Å². The van der Waals surface area contributed by atoms with E-state index in [4.69, 9.17) is 0 Å². The van der Waals surface area contributed by atoms with E-state index in [9.17, 15) is 9.59 Å². The summed E-state index contributed by atoms with van der Waals surface area (Å²) in [6, 6.07) is 0.223. The second-order valence-corrected chi connectivity index (χ2v) is 6.74. The highest BCUT2D eigenvalue weighted by Gasteiger charge is 2.41. The highest BCUT2D eigenvalue weighted by atomic mass is 16.2. The van der Waals surface area contributed by atoms with Crippen molar-refractivity contribution in [1.29, 1.82) is 0 Å². The first kappa shape index (κ1) is 15.5. The number of Topliss-reactive ketones (excluding diaryl/α,β-unsaturated/α-hetero) is 1. The van der Waals surface area contributed by atoms with Crippen molar-refractivity contribution in [2.75, 3.05) is 13.1 Å². The van der Waals surface area contributed by atoms with Crippen LogP contribution in [-0.4, -0.2) is 52.7 Å². The van der Waals surface area contributed by atoms with Crippen LogP contribution < -0.4 is 0 Å². The van der Waals surface area contributed by atoms with E-state index in [1.54, 1.807) is 0 Å². The molecule has 0 bridgehead atoms. The molecule has 0 N–H and O–H groups in total. The Morgan fingerprint density at radius 2 is 1.55 bits per heavy atom. The predicted octanol–water partition coefficient (Wildman–Crippen LogP) is 2.08. The van der Waals surface area contributed by atoms with Gasteiger partial charge in [-0.15, -0.1) is 0 Å². The maximum Gasteiger partial charge on any atom is 0.240 e. The van der Waals surface area contributed by atoms with Crippen LogP contribution in [0.4, 0.5) is 0 Å². The molecule has 0 aliphatic carbocycles. The van der Waals surface area contributed by atoms with E-state index in [-0.39, 0.29) is 29.7 Å². The summed E-state index contributed by atoms with van der Waals surface area (Å²) in [5.74, 6) is 0.427. The maximum atomic E-state index is 12.8. The number of ketones is 1. The van der Waals surface area contributed by atoms with E-state index in [2.05, 4.69) is 18.7 Å². The quantitative estimate of drug-likeness (QED) is 0.791. The van der Waals surface area contributed by atoms with Crippen molar-refractivity contribution in [2.24, 2.45) is 5.92 Å². The number of hydrogen-bond acceptors (Lipinski definition) is 3. The maximum absolute atomic E-state index is 12.8. The fraction of sp³-hybridized carbons (Fsp3) is 0.875. The van der Waals surface area contributed by atoms with E-state index in [0.29, 0.717) is 6.04 Å². The number of hydrogen-bond donors (Lipinski definition) is 0. The van der Waals surface area contributed by atoms with Crippen LogP contribution >= 0.6 is 0 Å². The van der Waals surface area contributed by atoms with E-state index in [0.717, 1.165) is 38.8 Å². The van der Waals surface area contributed by atoms with Gasteiger partial charge in [-0.3, -0.25) is 14.5 Å². The van der Waals surface area contributed by atoms with Crippen LogP contribution in [0.1, 0.15) is 53.4 Å². The molecule has 114 valence electrons. The second-order valence-electron chi connectivity index (χ2n) is 6.74. The van der Waals surface area contributed by atoms with Crippen molar-refractivity contribution in [1.82, 2.24) is 9.80 Å². The Balaban J connectivity index is 2.09. The first-order valence-electron chi connectivity index (χ1n) is 8.03. The number of nitrogens with zero attached hydrogens (tertiary/aromatic N) is 2. The molecule has 2 heterocycles. The molecular formula is C16H28N2O2.